The number of hydrogen-bond acceptors (Lipinski definition) is 9. The van der Waals surface area contributed by atoms with Crippen LogP contribution in [-0.4, -0.2) is 60.6 Å². The summed E-state index contributed by atoms with van der Waals surface area (Å²) in [5.74, 6) is 1.37. The summed E-state index contributed by atoms with van der Waals surface area (Å²) in [7, 11) is 0. The Hall–Kier alpha value is -4.12. The Morgan fingerprint density at radius 2 is 1.85 bits per heavy atom. The number of carbonyl (C=O) groups is 3. The number of benzene rings is 2. The summed E-state index contributed by atoms with van der Waals surface area (Å²) in [6, 6.07) is 13.4. The van der Waals surface area contributed by atoms with Crippen molar-refractivity contribution in [2.75, 3.05) is 19.8 Å². The Bertz CT molecular complexity index is 1410. The maximum atomic E-state index is 12.7. The number of piperidine rings is 1. The molecule has 0 spiro atoms. The minimum atomic E-state index is -0.387. The van der Waals surface area contributed by atoms with Gasteiger partial charge in [-0.2, -0.15) is 0 Å². The van der Waals surface area contributed by atoms with Crippen molar-refractivity contribution in [3.8, 4) is 5.75 Å². The molecule has 47 heavy (non-hydrogen) atoms. The normalized spacial score (nSPS) is 20.3. The Kier molecular flexibility index (Phi) is 12.5. The van der Waals surface area contributed by atoms with E-state index in [0.29, 0.717) is 37.8 Å². The van der Waals surface area contributed by atoms with Gasteiger partial charge in [0.15, 0.2) is 5.96 Å². The van der Waals surface area contributed by atoms with Crippen molar-refractivity contribution in [2.45, 2.75) is 103 Å². The highest BCUT2D eigenvalue weighted by Crippen LogP contribution is 2.32. The number of nitrogens with one attached hydrogen (secondary N) is 3. The molecule has 2 heterocycles. The van der Waals surface area contributed by atoms with Gasteiger partial charge < -0.3 is 30.7 Å². The van der Waals surface area contributed by atoms with Crippen molar-refractivity contribution in [1.82, 2.24) is 20.9 Å². The lowest BCUT2D eigenvalue weighted by Gasteiger charge is -2.40. The highest BCUT2D eigenvalue weighted by Gasteiger charge is 2.32. The number of aliphatic imine (C=N–C) groups is 1. The molecule has 3 atom stereocenters. The van der Waals surface area contributed by atoms with Gasteiger partial charge in [0.25, 0.3) is 0 Å². The lowest BCUT2D eigenvalue weighted by Crippen LogP contribution is -2.56. The van der Waals surface area contributed by atoms with Gasteiger partial charge in [-0.15, -0.1) is 0 Å². The van der Waals surface area contributed by atoms with Crippen LogP contribution in [0.3, 0.4) is 0 Å². The van der Waals surface area contributed by atoms with Crippen LogP contribution < -0.4 is 26.4 Å². The fraction of sp³-hybridized carbons (Fsp3) is 0.556. The molecule has 11 heteroatoms. The van der Waals surface area contributed by atoms with Gasteiger partial charge in [-0.3, -0.25) is 14.9 Å². The molecule has 3 aliphatic rings. The number of guanidine groups is 1. The number of ether oxygens (including phenoxy) is 2. The van der Waals surface area contributed by atoms with Crippen LogP contribution in [0.2, 0.25) is 0 Å². The first-order chi connectivity index (χ1) is 22.9. The molecule has 0 aromatic heterocycles. The van der Waals surface area contributed by atoms with Crippen LogP contribution in [0, 0.1) is 5.92 Å². The number of hydrogen-bond donors (Lipinski definition) is 4. The highest BCUT2D eigenvalue weighted by molar-refractivity contribution is 5.90. The molecule has 1 aliphatic carbocycles. The largest absolute Gasteiger partial charge is 0.494 e. The van der Waals surface area contributed by atoms with Crippen LogP contribution in [0.1, 0.15) is 99.0 Å². The van der Waals surface area contributed by atoms with Gasteiger partial charge in [0.05, 0.1) is 37.2 Å². The van der Waals surface area contributed by atoms with Gasteiger partial charge in [-0.1, -0.05) is 43.9 Å². The molecule has 254 valence electrons. The van der Waals surface area contributed by atoms with E-state index in [1.54, 1.807) is 30.0 Å². The number of carbonyl (C=O) groups excluding carboxylic acids is 3. The molecule has 1 saturated carbocycles. The molecule has 2 aliphatic heterocycles. The Morgan fingerprint density at radius 3 is 2.72 bits per heavy atom. The van der Waals surface area contributed by atoms with Crippen molar-refractivity contribution in [2.24, 2.45) is 16.6 Å². The van der Waals surface area contributed by atoms with Crippen LogP contribution in [0.4, 0.5) is 5.69 Å². The molecule has 0 radical (unpaired) electrons. The maximum Gasteiger partial charge on any atom is 0.338 e. The van der Waals surface area contributed by atoms with Crippen molar-refractivity contribution in [1.29, 1.82) is 0 Å². The molecule has 2 aromatic carbocycles. The molecule has 2 amide bonds. The van der Waals surface area contributed by atoms with Gasteiger partial charge in [0, 0.05) is 31.6 Å². The zero-order valence-corrected chi connectivity index (χ0v) is 27.6. The van der Waals surface area contributed by atoms with Crippen LogP contribution >= 0.6 is 0 Å². The lowest BCUT2D eigenvalue weighted by molar-refractivity contribution is -0.123. The Labute approximate surface area is 278 Å². The molecule has 5 rings (SSSR count). The zero-order chi connectivity index (χ0) is 33.0. The third kappa shape index (κ3) is 10.2. The summed E-state index contributed by atoms with van der Waals surface area (Å²) in [4.78, 5) is 43.4. The second-order valence-corrected chi connectivity index (χ2v) is 12.8. The summed E-state index contributed by atoms with van der Waals surface area (Å²) in [6.45, 7) is 3.46. The van der Waals surface area contributed by atoms with Crippen molar-refractivity contribution in [3.63, 3.8) is 0 Å². The fourth-order valence-electron chi connectivity index (χ4n) is 6.75. The second kappa shape index (κ2) is 17.2. The summed E-state index contributed by atoms with van der Waals surface area (Å²) in [5, 5.41) is 9.76. The summed E-state index contributed by atoms with van der Waals surface area (Å²) in [5.41, 5.74) is 9.17. The van der Waals surface area contributed by atoms with Gasteiger partial charge in [0.2, 0.25) is 11.8 Å². The van der Waals surface area contributed by atoms with Crippen LogP contribution in [0.25, 0.3) is 0 Å². The molecular formula is C36H50N6O5. The maximum absolute atomic E-state index is 12.7. The third-order valence-corrected chi connectivity index (χ3v) is 9.29. The van der Waals surface area contributed by atoms with Crippen LogP contribution in [-0.2, 0) is 27.4 Å². The number of nitrogens with zero attached hydrogens (tertiary/aromatic N) is 2. The Balaban J connectivity index is 0.960. The van der Waals surface area contributed by atoms with Gasteiger partial charge in [-0.05, 0) is 80.7 Å². The van der Waals surface area contributed by atoms with Gasteiger partial charge >= 0.3 is 5.97 Å². The first kappa shape index (κ1) is 34.2. The predicted octanol–water partition coefficient (Wildman–Crippen LogP) is 4.66. The molecule has 2 aromatic rings. The van der Waals surface area contributed by atoms with E-state index in [1.165, 1.54) is 32.1 Å². The molecular weight excluding hydrogens is 596 g/mol. The number of fused-ring (bicyclic) bond motifs is 2. The topological polar surface area (TPSA) is 147 Å². The van der Waals surface area contributed by atoms with Gasteiger partial charge in [-0.25, -0.2) is 9.79 Å². The smallest absolute Gasteiger partial charge is 0.338 e. The number of esters is 1. The SMILES string of the molecule is CCOC(=O)c1cccc(CNC(=O)CN2Cc3ccc(OCCCCCCC(=O)NC4CCC5CCCCC5N4)cc3N=C2N)c1. The van der Waals surface area contributed by atoms with E-state index < -0.39 is 0 Å². The molecule has 0 bridgehead atoms. The van der Waals surface area contributed by atoms with Crippen LogP contribution in [0.5, 0.6) is 5.75 Å². The van der Waals surface area contributed by atoms with E-state index in [2.05, 4.69) is 20.9 Å². The van der Waals surface area contributed by atoms with E-state index in [-0.39, 0.29) is 43.0 Å². The second-order valence-electron chi connectivity index (χ2n) is 12.8. The van der Waals surface area contributed by atoms with E-state index >= 15 is 0 Å². The van der Waals surface area contributed by atoms with E-state index in [0.717, 1.165) is 60.6 Å². The molecule has 1 saturated heterocycles. The van der Waals surface area contributed by atoms with Crippen LogP contribution in [0.15, 0.2) is 47.5 Å². The average Bonchev–Trinajstić information content (AvgIpc) is 3.07. The first-order valence-corrected chi connectivity index (χ1v) is 17.3. The Morgan fingerprint density at radius 1 is 1.00 bits per heavy atom. The summed E-state index contributed by atoms with van der Waals surface area (Å²) >= 11 is 0. The lowest BCUT2D eigenvalue weighted by atomic mass is 9.79. The minimum absolute atomic E-state index is 0.0601. The highest BCUT2D eigenvalue weighted by atomic mass is 16.5. The molecule has 5 N–H and O–H groups in total. The summed E-state index contributed by atoms with van der Waals surface area (Å²) in [6.07, 6.45) is 12.0. The fourth-order valence-corrected chi connectivity index (χ4v) is 6.75. The number of rotatable bonds is 15. The number of amides is 2. The average molecular weight is 647 g/mol. The quantitative estimate of drug-likeness (QED) is 0.162. The predicted molar refractivity (Wildman–Crippen MR) is 181 cm³/mol. The van der Waals surface area contributed by atoms with E-state index in [1.807, 2.05) is 24.3 Å². The van der Waals surface area contributed by atoms with Crippen molar-refractivity contribution < 1.29 is 23.9 Å². The van der Waals surface area contributed by atoms with Crippen molar-refractivity contribution >= 4 is 29.4 Å². The first-order valence-electron chi connectivity index (χ1n) is 17.3. The van der Waals surface area contributed by atoms with E-state index in [9.17, 15) is 14.4 Å². The third-order valence-electron chi connectivity index (χ3n) is 9.29. The van der Waals surface area contributed by atoms with Gasteiger partial charge in [0.1, 0.15) is 5.75 Å². The molecule has 2 fully saturated rings. The minimum Gasteiger partial charge on any atom is -0.494 e. The number of unbranched alkanes of at least 4 members (excludes halogenated alkanes) is 3. The molecule has 3 unspecified atom stereocenters. The van der Waals surface area contributed by atoms with E-state index in [4.69, 9.17) is 15.2 Å². The monoisotopic (exact) mass is 646 g/mol. The standard InChI is InChI=1S/C36H50N6O5/c1-2-46-35(45)27-12-9-10-25(20-27)22-38-34(44)24-42-23-28-15-17-29(21-31(28)40-36(42)37)47-19-8-4-3-5-14-33(43)41-32-18-16-26-11-6-7-13-30(26)39-32/h9-10,12,15,17,20-21,26,30,32,39H,2-8,11,13-14,16,18-19,22-24H2,1H3,(H2,37,40)(H,38,44)(H,41,43). The molecule has 11 nitrogen and oxygen atoms in total. The zero-order valence-electron chi connectivity index (χ0n) is 27.6. The van der Waals surface area contributed by atoms with Crippen molar-refractivity contribution in [3.05, 3.63) is 59.2 Å². The summed E-state index contributed by atoms with van der Waals surface area (Å²) < 4.78 is 11.0. The number of nitrogens with two attached hydrogens (primary N) is 1.